The largest absolute Gasteiger partial charge is 0.493 e. The quantitative estimate of drug-likeness (QED) is 0.448. The maximum absolute atomic E-state index is 11.8. The van der Waals surface area contributed by atoms with E-state index in [1.807, 2.05) is 53.9 Å². The maximum Gasteiger partial charge on any atom is 0.228 e. The van der Waals surface area contributed by atoms with Crippen LogP contribution in [0.3, 0.4) is 0 Å². The Morgan fingerprint density at radius 1 is 1.08 bits per heavy atom. The Labute approximate surface area is 216 Å². The van der Waals surface area contributed by atoms with Gasteiger partial charge in [-0.2, -0.15) is 4.98 Å². The van der Waals surface area contributed by atoms with Crippen LogP contribution in [0.15, 0.2) is 42.7 Å². The van der Waals surface area contributed by atoms with Crippen LogP contribution in [0, 0.1) is 0 Å². The second kappa shape index (κ2) is 9.21. The third kappa shape index (κ3) is 4.12. The maximum atomic E-state index is 11.8. The lowest BCUT2D eigenvalue weighted by molar-refractivity contribution is -0.129. The fraction of sp³-hybridized carbons (Fsp3) is 0.429. The van der Waals surface area contributed by atoms with E-state index in [-0.39, 0.29) is 23.9 Å². The number of anilines is 2. The normalized spacial score (nSPS) is 18.5. The summed E-state index contributed by atoms with van der Waals surface area (Å²) in [5.74, 6) is 1.71. The zero-order chi connectivity index (χ0) is 25.7. The van der Waals surface area contributed by atoms with Gasteiger partial charge in [-0.1, -0.05) is 18.2 Å². The van der Waals surface area contributed by atoms with E-state index in [1.165, 1.54) is 5.56 Å². The molecule has 1 atom stereocenters. The molecule has 0 saturated carbocycles. The SMILES string of the molecule is CC(=O)N1CCN(c2nc(N3CCCC3c3cnc4ccccc4c3)c3cn(C(C)C)c(O)c3n2)CC1. The Kier molecular flexibility index (Phi) is 5.85. The molecule has 1 aromatic carbocycles. The van der Waals surface area contributed by atoms with Crippen molar-refractivity contribution in [3.8, 4) is 5.88 Å². The number of benzene rings is 1. The number of rotatable bonds is 4. The predicted octanol–water partition coefficient (Wildman–Crippen LogP) is 4.28. The zero-order valence-corrected chi connectivity index (χ0v) is 21.6. The number of aromatic nitrogens is 4. The van der Waals surface area contributed by atoms with Crippen molar-refractivity contribution in [1.82, 2.24) is 24.4 Å². The summed E-state index contributed by atoms with van der Waals surface area (Å²) in [4.78, 5) is 32.9. The molecule has 4 aromatic rings. The smallest absolute Gasteiger partial charge is 0.228 e. The number of nitrogens with zero attached hydrogens (tertiary/aromatic N) is 7. The van der Waals surface area contributed by atoms with Crippen LogP contribution in [0.25, 0.3) is 21.8 Å². The van der Waals surface area contributed by atoms with Gasteiger partial charge >= 0.3 is 0 Å². The molecule has 2 saturated heterocycles. The molecule has 2 fully saturated rings. The van der Waals surface area contributed by atoms with Crippen LogP contribution < -0.4 is 9.80 Å². The highest BCUT2D eigenvalue weighted by molar-refractivity contribution is 5.94. The van der Waals surface area contributed by atoms with E-state index in [4.69, 9.17) is 15.0 Å². The highest BCUT2D eigenvalue weighted by atomic mass is 16.3. The zero-order valence-electron chi connectivity index (χ0n) is 21.6. The Hall–Kier alpha value is -3.88. The Morgan fingerprint density at radius 3 is 2.62 bits per heavy atom. The van der Waals surface area contributed by atoms with Crippen molar-refractivity contribution in [1.29, 1.82) is 0 Å². The molecule has 9 heteroatoms. The summed E-state index contributed by atoms with van der Waals surface area (Å²) in [7, 11) is 0. The van der Waals surface area contributed by atoms with E-state index in [2.05, 4.69) is 21.9 Å². The van der Waals surface area contributed by atoms with E-state index in [1.54, 1.807) is 6.92 Å². The van der Waals surface area contributed by atoms with Crippen molar-refractivity contribution >= 4 is 39.5 Å². The third-order valence-corrected chi connectivity index (χ3v) is 7.72. The van der Waals surface area contributed by atoms with Crippen LogP contribution in [-0.2, 0) is 4.79 Å². The molecular weight excluding hydrogens is 466 g/mol. The second-order valence-corrected chi connectivity index (χ2v) is 10.4. The monoisotopic (exact) mass is 499 g/mol. The van der Waals surface area contributed by atoms with E-state index in [0.29, 0.717) is 37.6 Å². The molecule has 192 valence electrons. The molecule has 0 aliphatic carbocycles. The molecule has 6 rings (SSSR count). The van der Waals surface area contributed by atoms with E-state index in [0.717, 1.165) is 41.5 Å². The summed E-state index contributed by atoms with van der Waals surface area (Å²) in [5.41, 5.74) is 2.74. The summed E-state index contributed by atoms with van der Waals surface area (Å²) >= 11 is 0. The van der Waals surface area contributed by atoms with Gasteiger partial charge in [-0.3, -0.25) is 9.78 Å². The second-order valence-electron chi connectivity index (χ2n) is 10.4. The van der Waals surface area contributed by atoms with Gasteiger partial charge in [0.25, 0.3) is 0 Å². The van der Waals surface area contributed by atoms with Gasteiger partial charge < -0.3 is 24.4 Å². The lowest BCUT2D eigenvalue weighted by atomic mass is 10.0. The van der Waals surface area contributed by atoms with Crippen molar-refractivity contribution in [2.45, 2.75) is 45.7 Å². The number of pyridine rings is 1. The summed E-state index contributed by atoms with van der Waals surface area (Å²) in [6.07, 6.45) is 6.03. The first-order valence-electron chi connectivity index (χ1n) is 13.1. The molecule has 9 nitrogen and oxygen atoms in total. The highest BCUT2D eigenvalue weighted by Gasteiger charge is 2.32. The lowest BCUT2D eigenvalue weighted by Crippen LogP contribution is -2.48. The van der Waals surface area contributed by atoms with Gasteiger partial charge in [-0.15, -0.1) is 0 Å². The lowest BCUT2D eigenvalue weighted by Gasteiger charge is -2.35. The minimum Gasteiger partial charge on any atom is -0.493 e. The molecule has 2 aliphatic heterocycles. The van der Waals surface area contributed by atoms with Gasteiger partial charge in [0, 0.05) is 63.5 Å². The van der Waals surface area contributed by atoms with Crippen LogP contribution in [0.2, 0.25) is 0 Å². The number of hydrogen-bond donors (Lipinski definition) is 1. The summed E-state index contributed by atoms with van der Waals surface area (Å²) < 4.78 is 1.86. The number of aromatic hydroxyl groups is 1. The summed E-state index contributed by atoms with van der Waals surface area (Å²) in [6, 6.07) is 10.7. The summed E-state index contributed by atoms with van der Waals surface area (Å²) in [5, 5.41) is 13.1. The molecule has 0 radical (unpaired) electrons. The molecule has 1 amide bonds. The van der Waals surface area contributed by atoms with Crippen LogP contribution >= 0.6 is 0 Å². The van der Waals surface area contributed by atoms with Gasteiger partial charge in [0.05, 0.1) is 16.9 Å². The average molecular weight is 500 g/mol. The number of hydrogen-bond acceptors (Lipinski definition) is 7. The first-order valence-corrected chi connectivity index (χ1v) is 13.1. The summed E-state index contributed by atoms with van der Waals surface area (Å²) in [6.45, 7) is 9.18. The van der Waals surface area contributed by atoms with Crippen LogP contribution in [0.5, 0.6) is 5.88 Å². The number of carbonyl (C=O) groups is 1. The Balaban J connectivity index is 1.44. The minimum absolute atomic E-state index is 0.0867. The third-order valence-electron chi connectivity index (χ3n) is 7.72. The molecule has 3 aromatic heterocycles. The number of piperazine rings is 1. The van der Waals surface area contributed by atoms with E-state index >= 15 is 0 Å². The van der Waals surface area contributed by atoms with Gasteiger partial charge in [-0.05, 0) is 44.4 Å². The Morgan fingerprint density at radius 2 is 1.86 bits per heavy atom. The van der Waals surface area contributed by atoms with Gasteiger partial charge in [0.15, 0.2) is 0 Å². The number of amides is 1. The van der Waals surface area contributed by atoms with Crippen LogP contribution in [0.4, 0.5) is 11.8 Å². The van der Waals surface area contributed by atoms with Gasteiger partial charge in [-0.25, -0.2) is 4.98 Å². The molecule has 0 bridgehead atoms. The number of fused-ring (bicyclic) bond motifs is 2. The number of para-hydroxylation sites is 1. The Bertz CT molecular complexity index is 1470. The first-order chi connectivity index (χ1) is 17.9. The molecule has 1 unspecified atom stereocenters. The van der Waals surface area contributed by atoms with Crippen LogP contribution in [0.1, 0.15) is 51.3 Å². The van der Waals surface area contributed by atoms with E-state index in [9.17, 15) is 9.90 Å². The molecule has 37 heavy (non-hydrogen) atoms. The van der Waals surface area contributed by atoms with E-state index < -0.39 is 0 Å². The van der Waals surface area contributed by atoms with Crippen molar-refractivity contribution in [3.63, 3.8) is 0 Å². The topological polar surface area (TPSA) is 90.6 Å². The average Bonchev–Trinajstić information content (AvgIpc) is 3.53. The molecule has 5 heterocycles. The van der Waals surface area contributed by atoms with Crippen molar-refractivity contribution in [2.24, 2.45) is 0 Å². The van der Waals surface area contributed by atoms with Gasteiger partial charge in [0.1, 0.15) is 11.3 Å². The van der Waals surface area contributed by atoms with Crippen LogP contribution in [-0.4, -0.2) is 68.2 Å². The fourth-order valence-corrected chi connectivity index (χ4v) is 5.67. The highest BCUT2D eigenvalue weighted by Crippen LogP contribution is 2.42. The molecular formula is C28H33N7O2. The number of carbonyl (C=O) groups excluding carboxylic acids is 1. The minimum atomic E-state index is 0.0867. The predicted molar refractivity (Wildman–Crippen MR) is 145 cm³/mol. The van der Waals surface area contributed by atoms with Crippen molar-refractivity contribution in [2.75, 3.05) is 42.5 Å². The van der Waals surface area contributed by atoms with Crippen molar-refractivity contribution < 1.29 is 9.90 Å². The molecule has 0 spiro atoms. The molecule has 2 aliphatic rings. The fourth-order valence-electron chi connectivity index (χ4n) is 5.67. The van der Waals surface area contributed by atoms with Gasteiger partial charge in [0.2, 0.25) is 17.7 Å². The first kappa shape index (κ1) is 23.5. The standard InChI is InChI=1S/C28H33N7O2/c1-18(2)35-17-22-25(27(35)37)30-28(33-13-11-32(12-14-33)19(3)36)31-26(22)34-10-6-9-24(34)21-15-20-7-4-5-8-23(20)29-16-21/h4-5,7-8,15-18,24,37H,6,9-14H2,1-3H3. The van der Waals surface area contributed by atoms with Crippen molar-refractivity contribution in [3.05, 3.63) is 48.3 Å². The molecule has 1 N–H and O–H groups in total.